The van der Waals surface area contributed by atoms with Crippen LogP contribution in [0.5, 0.6) is 0 Å². The van der Waals surface area contributed by atoms with Crippen molar-refractivity contribution >= 4 is 27.8 Å². The molecule has 1 heteroatoms. The quantitative estimate of drug-likeness (QED) is 0.438. The number of fused-ring (bicyclic) bond motifs is 2. The lowest BCUT2D eigenvalue weighted by Gasteiger charge is -2.02. The topological polar surface area (TPSA) is 17.1 Å². The van der Waals surface area contributed by atoms with Crippen LogP contribution in [0.3, 0.4) is 0 Å². The Morgan fingerprint density at radius 1 is 0.875 bits per heavy atom. The van der Waals surface area contributed by atoms with Crippen molar-refractivity contribution in [3.05, 3.63) is 60.2 Å². The van der Waals surface area contributed by atoms with Gasteiger partial charge in [0, 0.05) is 5.56 Å². The maximum Gasteiger partial charge on any atom is 0.150 e. The lowest BCUT2D eigenvalue weighted by Crippen LogP contribution is -1.81. The van der Waals surface area contributed by atoms with Gasteiger partial charge < -0.3 is 0 Å². The molecule has 75 valence electrons. The average Bonchev–Trinajstić information content (AvgIpc) is 2.35. The van der Waals surface area contributed by atoms with Gasteiger partial charge in [-0.05, 0) is 51.9 Å². The summed E-state index contributed by atoms with van der Waals surface area (Å²) in [6, 6.07) is 18.9. The molecule has 0 saturated heterocycles. The van der Waals surface area contributed by atoms with Gasteiger partial charge in [0.2, 0.25) is 0 Å². The van der Waals surface area contributed by atoms with Gasteiger partial charge in [0.1, 0.15) is 6.29 Å². The Balaban J connectivity index is 2.41. The molecule has 0 unspecified atom stereocenters. The highest BCUT2D eigenvalue weighted by atomic mass is 16.1. The molecular weight excluding hydrogens is 196 g/mol. The SMILES string of the molecule is O=Cc1ccc2cc3c[c]ccc3cc2c1. The zero-order valence-corrected chi connectivity index (χ0v) is 8.60. The average molecular weight is 205 g/mol. The van der Waals surface area contributed by atoms with Crippen LogP contribution in [0.2, 0.25) is 0 Å². The van der Waals surface area contributed by atoms with E-state index in [1.807, 2.05) is 36.4 Å². The maximum atomic E-state index is 10.7. The van der Waals surface area contributed by atoms with Gasteiger partial charge in [0.15, 0.2) is 0 Å². The van der Waals surface area contributed by atoms with Gasteiger partial charge in [-0.15, -0.1) is 0 Å². The Hall–Kier alpha value is -2.15. The number of rotatable bonds is 1. The molecule has 3 aromatic carbocycles. The Morgan fingerprint density at radius 2 is 1.69 bits per heavy atom. The van der Waals surface area contributed by atoms with Crippen LogP contribution in [-0.4, -0.2) is 6.29 Å². The van der Waals surface area contributed by atoms with Crippen molar-refractivity contribution in [2.45, 2.75) is 0 Å². The number of benzene rings is 3. The predicted molar refractivity (Wildman–Crippen MR) is 65.7 cm³/mol. The van der Waals surface area contributed by atoms with Crippen LogP contribution >= 0.6 is 0 Å². The Kier molecular flexibility index (Phi) is 1.97. The fourth-order valence-electron chi connectivity index (χ4n) is 1.97. The highest BCUT2D eigenvalue weighted by Gasteiger charge is 1.98. The van der Waals surface area contributed by atoms with Crippen molar-refractivity contribution in [2.24, 2.45) is 0 Å². The summed E-state index contributed by atoms with van der Waals surface area (Å²) in [5.74, 6) is 0. The molecule has 0 N–H and O–H groups in total. The van der Waals surface area contributed by atoms with Gasteiger partial charge in [0.25, 0.3) is 0 Å². The lowest BCUT2D eigenvalue weighted by atomic mass is 10.0. The number of hydrogen-bond acceptors (Lipinski definition) is 1. The first-order valence-corrected chi connectivity index (χ1v) is 5.16. The van der Waals surface area contributed by atoms with E-state index >= 15 is 0 Å². The zero-order valence-electron chi connectivity index (χ0n) is 8.60. The molecule has 0 heterocycles. The first-order chi connectivity index (χ1) is 7.86. The van der Waals surface area contributed by atoms with E-state index < -0.39 is 0 Å². The lowest BCUT2D eigenvalue weighted by molar-refractivity contribution is 0.112. The molecular formula is C15H9O. The van der Waals surface area contributed by atoms with Crippen molar-refractivity contribution in [3.8, 4) is 0 Å². The molecule has 0 aromatic heterocycles. The molecule has 16 heavy (non-hydrogen) atoms. The van der Waals surface area contributed by atoms with Crippen LogP contribution in [0.15, 0.2) is 48.5 Å². The molecule has 0 atom stereocenters. The van der Waals surface area contributed by atoms with E-state index in [0.29, 0.717) is 5.56 Å². The maximum absolute atomic E-state index is 10.7. The molecule has 1 radical (unpaired) electrons. The summed E-state index contributed by atoms with van der Waals surface area (Å²) in [7, 11) is 0. The number of carbonyl (C=O) groups excluding carboxylic acids is 1. The Labute approximate surface area is 93.3 Å². The summed E-state index contributed by atoms with van der Waals surface area (Å²) in [6.45, 7) is 0. The second-order valence-corrected chi connectivity index (χ2v) is 3.85. The third kappa shape index (κ3) is 1.38. The molecule has 0 saturated carbocycles. The van der Waals surface area contributed by atoms with Crippen molar-refractivity contribution in [3.63, 3.8) is 0 Å². The smallest absolute Gasteiger partial charge is 0.150 e. The third-order valence-electron chi connectivity index (χ3n) is 2.80. The van der Waals surface area contributed by atoms with Gasteiger partial charge >= 0.3 is 0 Å². The molecule has 0 aliphatic heterocycles. The second kappa shape index (κ2) is 3.46. The van der Waals surface area contributed by atoms with Crippen molar-refractivity contribution < 1.29 is 4.79 Å². The highest BCUT2D eigenvalue weighted by Crippen LogP contribution is 2.23. The van der Waals surface area contributed by atoms with Gasteiger partial charge in [-0.2, -0.15) is 0 Å². The predicted octanol–water partition coefficient (Wildman–Crippen LogP) is 3.61. The van der Waals surface area contributed by atoms with Crippen molar-refractivity contribution in [2.75, 3.05) is 0 Å². The number of aldehydes is 1. The standard InChI is InChI=1S/C15H9O/c16-10-11-5-6-14-8-12-3-1-2-4-13(12)9-15(14)7-11/h2-10H. The summed E-state index contributed by atoms with van der Waals surface area (Å²) in [5.41, 5.74) is 0.717. The van der Waals surface area contributed by atoms with E-state index in [-0.39, 0.29) is 0 Å². The molecule has 0 amide bonds. The number of hydrogen-bond donors (Lipinski definition) is 0. The number of carbonyl (C=O) groups is 1. The fourth-order valence-corrected chi connectivity index (χ4v) is 1.97. The summed E-state index contributed by atoms with van der Waals surface area (Å²) in [4.78, 5) is 10.7. The van der Waals surface area contributed by atoms with Gasteiger partial charge in [-0.25, -0.2) is 0 Å². The summed E-state index contributed by atoms with van der Waals surface area (Å²) in [5, 5.41) is 4.60. The van der Waals surface area contributed by atoms with Gasteiger partial charge in [-0.3, -0.25) is 4.79 Å². The minimum absolute atomic E-state index is 0.717. The Morgan fingerprint density at radius 3 is 2.56 bits per heavy atom. The molecule has 0 spiro atoms. The first kappa shape index (κ1) is 9.10. The van der Waals surface area contributed by atoms with Crippen LogP contribution in [0.25, 0.3) is 21.5 Å². The van der Waals surface area contributed by atoms with Gasteiger partial charge in [0.05, 0.1) is 0 Å². The van der Waals surface area contributed by atoms with Crippen molar-refractivity contribution in [1.29, 1.82) is 0 Å². The third-order valence-corrected chi connectivity index (χ3v) is 2.80. The second-order valence-electron chi connectivity index (χ2n) is 3.85. The summed E-state index contributed by atoms with van der Waals surface area (Å²) in [6.07, 6.45) is 0.877. The molecule has 1 nitrogen and oxygen atoms in total. The van der Waals surface area contributed by atoms with E-state index in [9.17, 15) is 4.79 Å². The van der Waals surface area contributed by atoms with Crippen LogP contribution in [0.4, 0.5) is 0 Å². The molecule has 0 aliphatic rings. The normalized spacial score (nSPS) is 10.8. The fraction of sp³-hybridized carbons (Fsp3) is 0. The monoisotopic (exact) mass is 205 g/mol. The minimum atomic E-state index is 0.717. The van der Waals surface area contributed by atoms with E-state index in [1.54, 1.807) is 0 Å². The van der Waals surface area contributed by atoms with Crippen LogP contribution in [-0.2, 0) is 0 Å². The molecule has 3 aromatic rings. The van der Waals surface area contributed by atoms with E-state index in [1.165, 1.54) is 10.8 Å². The van der Waals surface area contributed by atoms with E-state index in [2.05, 4.69) is 18.2 Å². The molecule has 3 rings (SSSR count). The summed E-state index contributed by atoms with van der Waals surface area (Å²) < 4.78 is 0. The molecule has 0 aliphatic carbocycles. The van der Waals surface area contributed by atoms with Gasteiger partial charge in [-0.1, -0.05) is 24.3 Å². The Bertz CT molecular complexity index is 683. The minimum Gasteiger partial charge on any atom is -0.298 e. The zero-order chi connectivity index (χ0) is 11.0. The molecule has 0 bridgehead atoms. The van der Waals surface area contributed by atoms with Crippen LogP contribution < -0.4 is 0 Å². The van der Waals surface area contributed by atoms with E-state index in [4.69, 9.17) is 0 Å². The largest absolute Gasteiger partial charge is 0.298 e. The molecule has 0 fully saturated rings. The first-order valence-electron chi connectivity index (χ1n) is 5.16. The summed E-state index contributed by atoms with van der Waals surface area (Å²) >= 11 is 0. The van der Waals surface area contributed by atoms with Crippen molar-refractivity contribution in [1.82, 2.24) is 0 Å². The van der Waals surface area contributed by atoms with E-state index in [0.717, 1.165) is 17.1 Å². The highest BCUT2D eigenvalue weighted by molar-refractivity contribution is 5.99. The van der Waals surface area contributed by atoms with Crippen LogP contribution in [0.1, 0.15) is 10.4 Å². The van der Waals surface area contributed by atoms with Crippen LogP contribution in [0, 0.1) is 6.07 Å².